The van der Waals surface area contributed by atoms with Gasteiger partial charge >= 0.3 is 0 Å². The molecule has 1 atom stereocenters. The summed E-state index contributed by atoms with van der Waals surface area (Å²) >= 11 is 0. The first-order valence-electron chi connectivity index (χ1n) is 5.89. The number of rotatable bonds is 4. The lowest BCUT2D eigenvalue weighted by molar-refractivity contribution is 0.594. The number of nitrogens with one attached hydrogen (secondary N) is 1. The van der Waals surface area contributed by atoms with Crippen molar-refractivity contribution >= 4 is 16.6 Å². The van der Waals surface area contributed by atoms with Crippen LogP contribution >= 0.6 is 0 Å². The van der Waals surface area contributed by atoms with Crippen molar-refractivity contribution in [1.82, 2.24) is 4.98 Å². The molecule has 2 aromatic rings. The number of anilines is 1. The zero-order chi connectivity index (χ0) is 11.4. The summed E-state index contributed by atoms with van der Waals surface area (Å²) in [6.45, 7) is 5.48. The second-order valence-corrected chi connectivity index (χ2v) is 4.28. The molecule has 2 heteroatoms. The summed E-state index contributed by atoms with van der Waals surface area (Å²) in [5.74, 6) is 0.693. The molecule has 1 unspecified atom stereocenters. The number of para-hydroxylation sites is 1. The Kier molecular flexibility index (Phi) is 3.40. The van der Waals surface area contributed by atoms with Gasteiger partial charge in [-0.2, -0.15) is 0 Å². The van der Waals surface area contributed by atoms with Gasteiger partial charge in [0.2, 0.25) is 0 Å². The first kappa shape index (κ1) is 10.9. The minimum absolute atomic E-state index is 0.693. The molecule has 0 fully saturated rings. The van der Waals surface area contributed by atoms with E-state index < -0.39 is 0 Å². The number of pyridine rings is 1. The van der Waals surface area contributed by atoms with Gasteiger partial charge in [0, 0.05) is 18.1 Å². The number of hydrogen-bond donors (Lipinski definition) is 1. The first-order valence-corrected chi connectivity index (χ1v) is 5.89. The number of fused-ring (bicyclic) bond motifs is 1. The minimum Gasteiger partial charge on any atom is -0.383 e. The fraction of sp³-hybridized carbons (Fsp3) is 0.357. The van der Waals surface area contributed by atoms with Crippen LogP contribution in [0.1, 0.15) is 20.3 Å². The van der Waals surface area contributed by atoms with Crippen molar-refractivity contribution in [3.63, 3.8) is 0 Å². The smallest absolute Gasteiger partial charge is 0.0933 e. The van der Waals surface area contributed by atoms with Gasteiger partial charge in [-0.15, -0.1) is 0 Å². The number of nitrogens with zero attached hydrogens (tertiary/aromatic N) is 1. The molecule has 0 spiro atoms. The average molecular weight is 214 g/mol. The van der Waals surface area contributed by atoms with E-state index in [4.69, 9.17) is 0 Å². The molecule has 84 valence electrons. The highest BCUT2D eigenvalue weighted by atomic mass is 14.9. The third-order valence-electron chi connectivity index (χ3n) is 2.97. The van der Waals surface area contributed by atoms with E-state index in [0.29, 0.717) is 5.92 Å². The van der Waals surface area contributed by atoms with Gasteiger partial charge in [0.25, 0.3) is 0 Å². The van der Waals surface area contributed by atoms with Crippen LogP contribution in [0.15, 0.2) is 36.5 Å². The summed E-state index contributed by atoms with van der Waals surface area (Å²) in [6, 6.07) is 10.3. The second-order valence-electron chi connectivity index (χ2n) is 4.28. The molecule has 0 radical (unpaired) electrons. The number of aromatic nitrogens is 1. The molecule has 0 aliphatic carbocycles. The van der Waals surface area contributed by atoms with Gasteiger partial charge in [-0.1, -0.05) is 38.5 Å². The SMILES string of the molecule is CCC(C)CNc1cccc2cccnc12. The highest BCUT2D eigenvalue weighted by molar-refractivity contribution is 5.90. The quantitative estimate of drug-likeness (QED) is 0.839. The van der Waals surface area contributed by atoms with Gasteiger partial charge in [-0.25, -0.2) is 0 Å². The Hall–Kier alpha value is -1.57. The Morgan fingerprint density at radius 3 is 2.88 bits per heavy atom. The summed E-state index contributed by atoms with van der Waals surface area (Å²) in [6.07, 6.45) is 3.04. The molecule has 0 bridgehead atoms. The standard InChI is InChI=1S/C14H18N2/c1-3-11(2)10-16-13-8-4-6-12-7-5-9-15-14(12)13/h4-9,11,16H,3,10H2,1-2H3. The van der Waals surface area contributed by atoms with Crippen molar-refractivity contribution in [1.29, 1.82) is 0 Å². The summed E-state index contributed by atoms with van der Waals surface area (Å²) in [4.78, 5) is 4.42. The van der Waals surface area contributed by atoms with Crippen LogP contribution in [0.5, 0.6) is 0 Å². The van der Waals surface area contributed by atoms with Gasteiger partial charge in [0.1, 0.15) is 0 Å². The van der Waals surface area contributed by atoms with Crippen LogP contribution < -0.4 is 5.32 Å². The van der Waals surface area contributed by atoms with E-state index in [-0.39, 0.29) is 0 Å². The van der Waals surface area contributed by atoms with E-state index >= 15 is 0 Å². The molecule has 2 nitrogen and oxygen atoms in total. The largest absolute Gasteiger partial charge is 0.383 e. The first-order chi connectivity index (χ1) is 7.81. The lowest BCUT2D eigenvalue weighted by Gasteiger charge is -2.12. The fourth-order valence-corrected chi connectivity index (χ4v) is 1.68. The van der Waals surface area contributed by atoms with E-state index in [2.05, 4.69) is 48.4 Å². The molecule has 1 heterocycles. The molecular formula is C14H18N2. The number of benzene rings is 1. The van der Waals surface area contributed by atoms with E-state index in [1.165, 1.54) is 11.8 Å². The second kappa shape index (κ2) is 4.97. The van der Waals surface area contributed by atoms with Crippen LogP contribution in [-0.4, -0.2) is 11.5 Å². The molecule has 2 rings (SSSR count). The highest BCUT2D eigenvalue weighted by Crippen LogP contribution is 2.20. The zero-order valence-corrected chi connectivity index (χ0v) is 9.90. The van der Waals surface area contributed by atoms with Crippen LogP contribution in [0.25, 0.3) is 10.9 Å². The summed E-state index contributed by atoms with van der Waals surface area (Å²) in [7, 11) is 0. The van der Waals surface area contributed by atoms with Crippen LogP contribution in [0.3, 0.4) is 0 Å². The van der Waals surface area contributed by atoms with E-state index in [0.717, 1.165) is 17.7 Å². The average Bonchev–Trinajstić information content (AvgIpc) is 2.35. The van der Waals surface area contributed by atoms with E-state index in [1.54, 1.807) is 0 Å². The van der Waals surface area contributed by atoms with E-state index in [9.17, 15) is 0 Å². The molecule has 0 aliphatic heterocycles. The molecule has 1 aromatic carbocycles. The highest BCUT2D eigenvalue weighted by Gasteiger charge is 2.02. The Bertz CT molecular complexity index is 460. The van der Waals surface area contributed by atoms with E-state index in [1.807, 2.05) is 12.3 Å². The van der Waals surface area contributed by atoms with Gasteiger partial charge < -0.3 is 5.32 Å². The van der Waals surface area contributed by atoms with Crippen LogP contribution in [-0.2, 0) is 0 Å². The van der Waals surface area contributed by atoms with Gasteiger partial charge in [0.05, 0.1) is 11.2 Å². The monoisotopic (exact) mass is 214 g/mol. The van der Waals surface area contributed by atoms with Crippen molar-refractivity contribution in [2.75, 3.05) is 11.9 Å². The molecule has 0 amide bonds. The zero-order valence-electron chi connectivity index (χ0n) is 9.90. The summed E-state index contributed by atoms with van der Waals surface area (Å²) < 4.78 is 0. The Morgan fingerprint density at radius 1 is 1.25 bits per heavy atom. The third kappa shape index (κ3) is 2.32. The Labute approximate surface area is 96.7 Å². The van der Waals surface area contributed by atoms with Crippen molar-refractivity contribution in [3.8, 4) is 0 Å². The molecule has 1 aromatic heterocycles. The normalized spacial score (nSPS) is 12.6. The van der Waals surface area contributed by atoms with Crippen molar-refractivity contribution in [2.45, 2.75) is 20.3 Å². The Morgan fingerprint density at radius 2 is 2.06 bits per heavy atom. The lowest BCUT2D eigenvalue weighted by Crippen LogP contribution is -2.10. The van der Waals surface area contributed by atoms with Crippen LogP contribution in [0.2, 0.25) is 0 Å². The Balaban J connectivity index is 2.23. The fourth-order valence-electron chi connectivity index (χ4n) is 1.68. The third-order valence-corrected chi connectivity index (χ3v) is 2.97. The number of hydrogen-bond acceptors (Lipinski definition) is 2. The van der Waals surface area contributed by atoms with Crippen LogP contribution in [0, 0.1) is 5.92 Å². The predicted octanol–water partition coefficient (Wildman–Crippen LogP) is 3.69. The maximum atomic E-state index is 4.42. The molecule has 0 saturated carbocycles. The van der Waals surface area contributed by atoms with Gasteiger partial charge in [0.15, 0.2) is 0 Å². The van der Waals surface area contributed by atoms with Crippen molar-refractivity contribution in [2.24, 2.45) is 5.92 Å². The molecule has 1 N–H and O–H groups in total. The van der Waals surface area contributed by atoms with Crippen molar-refractivity contribution < 1.29 is 0 Å². The van der Waals surface area contributed by atoms with Crippen LogP contribution in [0.4, 0.5) is 5.69 Å². The minimum atomic E-state index is 0.693. The maximum Gasteiger partial charge on any atom is 0.0933 e. The van der Waals surface area contributed by atoms with Gasteiger partial charge in [-0.3, -0.25) is 4.98 Å². The lowest BCUT2D eigenvalue weighted by atomic mass is 10.1. The molecular weight excluding hydrogens is 196 g/mol. The topological polar surface area (TPSA) is 24.9 Å². The van der Waals surface area contributed by atoms with Gasteiger partial charge in [-0.05, 0) is 18.1 Å². The summed E-state index contributed by atoms with van der Waals surface area (Å²) in [5.41, 5.74) is 2.20. The maximum absolute atomic E-state index is 4.42. The van der Waals surface area contributed by atoms with Crippen molar-refractivity contribution in [3.05, 3.63) is 36.5 Å². The molecule has 0 saturated heterocycles. The summed E-state index contributed by atoms with van der Waals surface area (Å²) in [5, 5.41) is 4.67. The molecule has 16 heavy (non-hydrogen) atoms. The molecule has 0 aliphatic rings. The predicted molar refractivity (Wildman–Crippen MR) is 69.7 cm³/mol.